The molecule has 18 heteroatoms. The van der Waals surface area contributed by atoms with Crippen LogP contribution in [0.4, 0.5) is 0 Å². The number of ketones is 4. The molecule has 2 aliphatic heterocycles. The van der Waals surface area contributed by atoms with E-state index in [-0.39, 0.29) is 144 Å². The Balaban J connectivity index is 0.000000890. The molecule has 2 aliphatic rings. The summed E-state index contributed by atoms with van der Waals surface area (Å²) < 4.78 is 23.9. The molecule has 2 fully saturated rings. The van der Waals surface area contributed by atoms with Crippen LogP contribution in [0.5, 0.6) is 0 Å². The fraction of sp³-hybridized carbons (Fsp3) is 0.887. The summed E-state index contributed by atoms with van der Waals surface area (Å²) in [5.74, 6) is -1.21. The van der Waals surface area contributed by atoms with Crippen molar-refractivity contribution in [1.82, 2.24) is 29.8 Å². The largest absolute Gasteiger partial charge is 0.379 e. The van der Waals surface area contributed by atoms with E-state index in [0.717, 1.165) is 64.2 Å². The number of likely N-dealkylation sites (tertiary alicyclic amines) is 2. The number of nitrogens with zero attached hydrogens (tertiary/aromatic N) is 5. The highest BCUT2D eigenvalue weighted by atomic mass is 16.5. The van der Waals surface area contributed by atoms with Gasteiger partial charge in [-0.15, -0.1) is 0 Å². The van der Waals surface area contributed by atoms with Crippen molar-refractivity contribution < 1.29 is 57.3 Å². The first-order chi connectivity index (χ1) is 41.6. The summed E-state index contributed by atoms with van der Waals surface area (Å²) in [6.45, 7) is 37.2. The standard InChI is InChI=1S/C36H67N3O6.C35H65N3O6/c1-15-24(6)32(38(12)35(43)25(7)21-28(40)31(23(4)5)37(10)11)29(44-13)22-30(41)39-20-18-19-27(39)33(45-14)26(8)34(42)36(9,16-2)17-3;1-14-23(6)31(37(11)34(42)24(7)20-27(39)30(36-10)22(4)5)28(43-12)21-29(40)38-19-17-18-26(38)32(44-13)25(8)33(41)35(9,15-2)16-3/h23-27,29,31-33H,15-22H2,1-14H3;22-26,28,30-32,36H,14-21H2,1-13H3/t24-,25+,26+,27-,29+,31-,32-,33+;23-,24+,25+,26-,28+,30-,31-,32+/m00/s1. The topological polar surface area (TPSA) is 202 Å². The van der Waals surface area contributed by atoms with Gasteiger partial charge in [-0.2, -0.15) is 0 Å². The Morgan fingerprint density at radius 3 is 1.10 bits per heavy atom. The molecule has 2 heterocycles. The van der Waals surface area contributed by atoms with Crippen LogP contribution >= 0.6 is 0 Å². The summed E-state index contributed by atoms with van der Waals surface area (Å²) in [5, 5.41) is 3.08. The Morgan fingerprint density at radius 2 is 0.843 bits per heavy atom. The number of Topliss-reactive ketones (excluding diaryl/α,β-unsaturated/α-hetero) is 4. The predicted molar refractivity (Wildman–Crippen MR) is 357 cm³/mol. The molecule has 0 aromatic carbocycles. The Bertz CT molecular complexity index is 2190. The van der Waals surface area contributed by atoms with E-state index in [1.807, 2.05) is 119 Å². The van der Waals surface area contributed by atoms with Crippen molar-refractivity contribution in [2.75, 3.05) is 76.8 Å². The zero-order chi connectivity index (χ0) is 68.7. The number of nitrogens with one attached hydrogen (secondary N) is 1. The number of rotatable bonds is 40. The fourth-order valence-corrected chi connectivity index (χ4v) is 14.8. The number of ether oxygens (including phenoxy) is 4. The number of likely N-dealkylation sites (N-methyl/N-ethyl adjacent to an activating group) is 4. The first kappa shape index (κ1) is 83.3. The second-order valence-electron chi connectivity index (χ2n) is 28.2. The van der Waals surface area contributed by atoms with Gasteiger partial charge in [0.25, 0.3) is 0 Å². The van der Waals surface area contributed by atoms with Gasteiger partial charge in [0.1, 0.15) is 11.6 Å². The van der Waals surface area contributed by atoms with E-state index in [4.69, 9.17) is 18.9 Å². The SMILES string of the molecule is CC[C@H](C)[C@@H]([C@@H](CC(=O)N1CCC[C@H]1[C@H](OC)[C@@H](C)C(=O)C(C)(CC)CC)OC)N(C)C(=O)[C@H](C)CC(=O)[C@@H](NC)C(C)C.CC[C@H](C)[C@@H]([C@@H](CC(=O)N1CCC[C@H]1[C@H](OC)[C@@H](C)C(=O)C(C)(CC)CC)OC)N(C)C(=O)[C@H](C)CC(=O)[C@H](C(C)C)N(C)C. The summed E-state index contributed by atoms with van der Waals surface area (Å²) in [7, 11) is 15.6. The van der Waals surface area contributed by atoms with Crippen molar-refractivity contribution in [3.63, 3.8) is 0 Å². The molecule has 2 saturated heterocycles. The van der Waals surface area contributed by atoms with Gasteiger partial charge in [0.15, 0.2) is 11.6 Å². The number of carbonyl (C=O) groups excluding carboxylic acids is 8. The molecule has 0 bridgehead atoms. The van der Waals surface area contributed by atoms with Crippen molar-refractivity contribution in [2.24, 2.45) is 58.2 Å². The number of methoxy groups -OCH3 is 4. The van der Waals surface area contributed by atoms with Crippen molar-refractivity contribution in [1.29, 1.82) is 0 Å². The van der Waals surface area contributed by atoms with Crippen LogP contribution in [0.15, 0.2) is 0 Å². The van der Waals surface area contributed by atoms with E-state index in [9.17, 15) is 38.4 Å². The van der Waals surface area contributed by atoms with Crippen LogP contribution in [-0.4, -0.2) is 209 Å². The minimum absolute atomic E-state index is 0.0222. The highest BCUT2D eigenvalue weighted by Gasteiger charge is 2.47. The molecule has 0 saturated carbocycles. The van der Waals surface area contributed by atoms with Crippen molar-refractivity contribution in [3.8, 4) is 0 Å². The van der Waals surface area contributed by atoms with E-state index in [0.29, 0.717) is 13.1 Å². The summed E-state index contributed by atoms with van der Waals surface area (Å²) in [5.41, 5.74) is -0.842. The quantitative estimate of drug-likeness (QED) is 0.0607. The fourth-order valence-electron chi connectivity index (χ4n) is 14.8. The molecule has 16 atom stereocenters. The van der Waals surface area contributed by atoms with Crippen molar-refractivity contribution >= 4 is 46.8 Å². The van der Waals surface area contributed by atoms with Crippen LogP contribution in [-0.2, 0) is 57.3 Å². The lowest BCUT2D eigenvalue weighted by molar-refractivity contribution is -0.148. The molecule has 2 rings (SSSR count). The van der Waals surface area contributed by atoms with Gasteiger partial charge >= 0.3 is 0 Å². The van der Waals surface area contributed by atoms with Gasteiger partial charge in [-0.25, -0.2) is 0 Å². The highest BCUT2D eigenvalue weighted by molar-refractivity contribution is 5.91. The average Bonchev–Trinajstić information content (AvgIpc) is 2.28. The van der Waals surface area contributed by atoms with Gasteiger partial charge in [-0.1, -0.05) is 137 Å². The first-order valence-corrected chi connectivity index (χ1v) is 34.3. The normalized spacial score (nSPS) is 20.5. The molecule has 0 aromatic rings. The van der Waals surface area contributed by atoms with Gasteiger partial charge in [0.2, 0.25) is 23.6 Å². The molecule has 518 valence electrons. The van der Waals surface area contributed by atoms with Crippen LogP contribution in [0.25, 0.3) is 0 Å². The van der Waals surface area contributed by atoms with Crippen molar-refractivity contribution in [3.05, 3.63) is 0 Å². The third-order valence-electron chi connectivity index (χ3n) is 21.5. The smallest absolute Gasteiger partial charge is 0.225 e. The maximum absolute atomic E-state index is 14.0. The molecular formula is C71H132N6O12. The monoisotopic (exact) mass is 1260 g/mol. The summed E-state index contributed by atoms with van der Waals surface area (Å²) >= 11 is 0. The summed E-state index contributed by atoms with van der Waals surface area (Å²) in [4.78, 5) is 118. The van der Waals surface area contributed by atoms with Crippen molar-refractivity contribution in [2.45, 2.75) is 275 Å². The second-order valence-corrected chi connectivity index (χ2v) is 28.2. The zero-order valence-corrected chi connectivity index (χ0v) is 61.3. The molecule has 0 aromatic heterocycles. The highest BCUT2D eigenvalue weighted by Crippen LogP contribution is 2.38. The van der Waals surface area contributed by atoms with Gasteiger partial charge in [0.05, 0.1) is 73.5 Å². The Hall–Kier alpha value is -3.68. The van der Waals surface area contributed by atoms with Gasteiger partial charge in [0, 0.05) is 103 Å². The lowest BCUT2D eigenvalue weighted by Crippen LogP contribution is -2.54. The first-order valence-electron chi connectivity index (χ1n) is 34.3. The lowest BCUT2D eigenvalue weighted by Gasteiger charge is -2.40. The van der Waals surface area contributed by atoms with E-state index in [1.54, 1.807) is 66.3 Å². The maximum atomic E-state index is 14.0. The molecule has 4 amide bonds. The van der Waals surface area contributed by atoms with E-state index in [1.165, 1.54) is 0 Å². The minimum Gasteiger partial charge on any atom is -0.379 e. The Labute approximate surface area is 541 Å². The van der Waals surface area contributed by atoms with E-state index in [2.05, 4.69) is 33.0 Å². The van der Waals surface area contributed by atoms with Gasteiger partial charge < -0.3 is 43.9 Å². The third-order valence-corrected chi connectivity index (χ3v) is 21.5. The van der Waals surface area contributed by atoms with Gasteiger partial charge in [-0.3, -0.25) is 43.3 Å². The lowest BCUT2D eigenvalue weighted by atomic mass is 9.73. The molecule has 0 spiro atoms. The number of hydrogen-bond donors (Lipinski definition) is 1. The summed E-state index contributed by atoms with van der Waals surface area (Å²) in [6, 6.07) is -1.65. The van der Waals surface area contributed by atoms with E-state index >= 15 is 0 Å². The average molecular weight is 1260 g/mol. The maximum Gasteiger partial charge on any atom is 0.225 e. The van der Waals surface area contributed by atoms with Crippen LogP contribution in [0.3, 0.4) is 0 Å². The zero-order valence-electron chi connectivity index (χ0n) is 61.3. The minimum atomic E-state index is -0.528. The van der Waals surface area contributed by atoms with Crippen LogP contribution in [0, 0.1) is 58.2 Å². The third kappa shape index (κ3) is 21.7. The molecule has 18 nitrogen and oxygen atoms in total. The number of hydrogen-bond acceptors (Lipinski definition) is 14. The Morgan fingerprint density at radius 1 is 0.506 bits per heavy atom. The number of carbonyl (C=O) groups is 8. The van der Waals surface area contributed by atoms with Crippen LogP contribution in [0.1, 0.15) is 215 Å². The predicted octanol–water partition coefficient (Wildman–Crippen LogP) is 10.6. The number of amides is 4. The molecule has 0 radical (unpaired) electrons. The molecule has 1 N–H and O–H groups in total. The molecule has 89 heavy (non-hydrogen) atoms. The van der Waals surface area contributed by atoms with Gasteiger partial charge in [-0.05, 0) is 96.2 Å². The van der Waals surface area contributed by atoms with Crippen LogP contribution < -0.4 is 5.32 Å². The van der Waals surface area contributed by atoms with Crippen LogP contribution in [0.2, 0.25) is 0 Å². The second kappa shape index (κ2) is 39.1. The molecule has 0 unspecified atom stereocenters. The molecule has 0 aliphatic carbocycles. The molecular weight excluding hydrogens is 1130 g/mol. The van der Waals surface area contributed by atoms with E-state index < -0.39 is 47.1 Å². The summed E-state index contributed by atoms with van der Waals surface area (Å²) in [6.07, 6.45) is 6.56. The Kier molecular flexibility index (Phi) is 36.6.